The highest BCUT2D eigenvalue weighted by atomic mass is 16.7. The van der Waals surface area contributed by atoms with Gasteiger partial charge in [0.2, 0.25) is 6.79 Å². The Labute approximate surface area is 192 Å². The topological polar surface area (TPSA) is 67.9 Å². The molecule has 1 N–H and O–H groups in total. The molecule has 166 valence electrons. The lowest BCUT2D eigenvalue weighted by atomic mass is 10.0. The summed E-state index contributed by atoms with van der Waals surface area (Å²) in [5.74, 6) is 0.598. The average molecular weight is 440 g/mol. The average Bonchev–Trinajstić information content (AvgIpc) is 3.32. The Kier molecular flexibility index (Phi) is 5.13. The van der Waals surface area contributed by atoms with E-state index in [1.807, 2.05) is 69.3 Å². The fourth-order valence-corrected chi connectivity index (χ4v) is 4.24. The summed E-state index contributed by atoms with van der Waals surface area (Å²) in [6.45, 7) is 6.30. The minimum Gasteiger partial charge on any atom is -0.454 e. The highest BCUT2D eigenvalue weighted by Gasteiger charge is 2.39. The van der Waals surface area contributed by atoms with Gasteiger partial charge in [0.05, 0.1) is 12.1 Å². The number of anilines is 1. The number of hydrogen-bond donors (Lipinski definition) is 1. The standard InChI is InChI=1S/C27H24N2O4/c1-16-4-7-20(8-5-16)24-25(28-21-11-17(2)10-18(3)12-21)27(31)29(26(24)30)14-19-6-9-22-23(13-19)33-15-32-22/h4-13,28H,14-15H2,1-3H3. The van der Waals surface area contributed by atoms with Crippen LogP contribution in [-0.2, 0) is 16.1 Å². The number of nitrogens with zero attached hydrogens (tertiary/aromatic N) is 1. The molecular weight excluding hydrogens is 416 g/mol. The Morgan fingerprint density at radius 1 is 0.788 bits per heavy atom. The highest BCUT2D eigenvalue weighted by molar-refractivity contribution is 6.36. The van der Waals surface area contributed by atoms with Gasteiger partial charge in [0.1, 0.15) is 5.70 Å². The zero-order valence-corrected chi connectivity index (χ0v) is 18.8. The van der Waals surface area contributed by atoms with Gasteiger partial charge in [-0.15, -0.1) is 0 Å². The van der Waals surface area contributed by atoms with E-state index >= 15 is 0 Å². The molecule has 0 unspecified atom stereocenters. The van der Waals surface area contributed by atoms with Crippen molar-refractivity contribution < 1.29 is 19.1 Å². The third kappa shape index (κ3) is 3.96. The van der Waals surface area contributed by atoms with E-state index < -0.39 is 0 Å². The third-order valence-corrected chi connectivity index (χ3v) is 5.78. The molecule has 0 aromatic heterocycles. The predicted octanol–water partition coefficient (Wildman–Crippen LogP) is 4.73. The number of rotatable bonds is 5. The van der Waals surface area contributed by atoms with Crippen molar-refractivity contribution in [1.82, 2.24) is 4.90 Å². The lowest BCUT2D eigenvalue weighted by Crippen LogP contribution is -2.32. The summed E-state index contributed by atoms with van der Waals surface area (Å²) in [6, 6.07) is 19.1. The van der Waals surface area contributed by atoms with Crippen molar-refractivity contribution in [3.8, 4) is 11.5 Å². The van der Waals surface area contributed by atoms with E-state index in [1.54, 1.807) is 6.07 Å². The molecular formula is C27H24N2O4. The molecule has 0 saturated heterocycles. The number of benzene rings is 3. The molecule has 0 bridgehead atoms. The molecule has 2 amide bonds. The Morgan fingerprint density at radius 2 is 1.48 bits per heavy atom. The van der Waals surface area contributed by atoms with Crippen LogP contribution in [0.4, 0.5) is 5.69 Å². The zero-order valence-electron chi connectivity index (χ0n) is 18.8. The molecule has 2 aliphatic heterocycles. The van der Waals surface area contributed by atoms with Gasteiger partial charge in [-0.2, -0.15) is 0 Å². The first-order valence-corrected chi connectivity index (χ1v) is 10.8. The van der Waals surface area contributed by atoms with Gasteiger partial charge in [0.15, 0.2) is 11.5 Å². The van der Waals surface area contributed by atoms with E-state index in [0.29, 0.717) is 22.6 Å². The number of nitrogens with one attached hydrogen (secondary N) is 1. The van der Waals surface area contributed by atoms with Crippen molar-refractivity contribution in [2.45, 2.75) is 27.3 Å². The Morgan fingerprint density at radius 3 is 2.21 bits per heavy atom. The molecule has 3 aromatic rings. The molecule has 6 heteroatoms. The number of aryl methyl sites for hydroxylation is 3. The lowest BCUT2D eigenvalue weighted by Gasteiger charge is -2.16. The predicted molar refractivity (Wildman–Crippen MR) is 126 cm³/mol. The number of amides is 2. The molecule has 0 atom stereocenters. The maximum atomic E-state index is 13.5. The van der Waals surface area contributed by atoms with Gasteiger partial charge in [0, 0.05) is 5.69 Å². The Balaban J connectivity index is 1.52. The summed E-state index contributed by atoms with van der Waals surface area (Å²) in [5.41, 5.74) is 6.16. The van der Waals surface area contributed by atoms with Crippen LogP contribution in [0.5, 0.6) is 11.5 Å². The quantitative estimate of drug-likeness (QED) is 0.581. The minimum atomic E-state index is -0.354. The number of ether oxygens (including phenoxy) is 2. The molecule has 0 radical (unpaired) electrons. The van der Waals surface area contributed by atoms with Crippen LogP contribution < -0.4 is 14.8 Å². The SMILES string of the molecule is Cc1ccc(C2=C(Nc3cc(C)cc(C)c3)C(=O)N(Cc3ccc4c(c3)OCO4)C2=O)cc1. The highest BCUT2D eigenvalue weighted by Crippen LogP contribution is 2.35. The van der Waals surface area contributed by atoms with Crippen molar-refractivity contribution in [1.29, 1.82) is 0 Å². The van der Waals surface area contributed by atoms with Crippen molar-refractivity contribution in [3.05, 3.63) is 94.2 Å². The molecule has 0 fully saturated rings. The van der Waals surface area contributed by atoms with Gasteiger partial charge in [0.25, 0.3) is 11.8 Å². The minimum absolute atomic E-state index is 0.141. The second-order valence-electron chi connectivity index (χ2n) is 8.50. The van der Waals surface area contributed by atoms with E-state index in [0.717, 1.165) is 27.9 Å². The van der Waals surface area contributed by atoms with E-state index in [2.05, 4.69) is 11.4 Å². The summed E-state index contributed by atoms with van der Waals surface area (Å²) >= 11 is 0. The summed E-state index contributed by atoms with van der Waals surface area (Å²) in [7, 11) is 0. The fourth-order valence-electron chi connectivity index (χ4n) is 4.24. The molecule has 0 saturated carbocycles. The molecule has 0 spiro atoms. The van der Waals surface area contributed by atoms with Crippen LogP contribution in [0.15, 0.2) is 66.4 Å². The van der Waals surface area contributed by atoms with Crippen molar-refractivity contribution >= 4 is 23.1 Å². The Hall–Kier alpha value is -4.06. The maximum absolute atomic E-state index is 13.5. The normalized spacial score (nSPS) is 14.9. The summed E-state index contributed by atoms with van der Waals surface area (Å²) in [4.78, 5) is 28.3. The van der Waals surface area contributed by atoms with Crippen LogP contribution in [0.3, 0.4) is 0 Å². The molecule has 6 nitrogen and oxygen atoms in total. The molecule has 2 heterocycles. The summed E-state index contributed by atoms with van der Waals surface area (Å²) < 4.78 is 10.8. The number of imide groups is 1. The summed E-state index contributed by atoms with van der Waals surface area (Å²) in [5, 5.41) is 3.25. The van der Waals surface area contributed by atoms with Crippen LogP contribution in [0.25, 0.3) is 5.57 Å². The van der Waals surface area contributed by atoms with Crippen molar-refractivity contribution in [2.75, 3.05) is 12.1 Å². The largest absolute Gasteiger partial charge is 0.454 e. The number of hydrogen-bond acceptors (Lipinski definition) is 5. The van der Waals surface area contributed by atoms with Gasteiger partial charge in [-0.1, -0.05) is 42.0 Å². The first-order chi connectivity index (χ1) is 15.9. The van der Waals surface area contributed by atoms with Crippen LogP contribution >= 0.6 is 0 Å². The fraction of sp³-hybridized carbons (Fsp3) is 0.185. The maximum Gasteiger partial charge on any atom is 0.278 e. The van der Waals surface area contributed by atoms with Gasteiger partial charge in [-0.3, -0.25) is 14.5 Å². The van der Waals surface area contributed by atoms with Crippen LogP contribution in [-0.4, -0.2) is 23.5 Å². The van der Waals surface area contributed by atoms with Gasteiger partial charge in [-0.05, 0) is 67.3 Å². The number of fused-ring (bicyclic) bond motifs is 1. The monoisotopic (exact) mass is 440 g/mol. The number of carbonyl (C=O) groups excluding carboxylic acids is 2. The molecule has 33 heavy (non-hydrogen) atoms. The van der Waals surface area contributed by atoms with E-state index in [4.69, 9.17) is 9.47 Å². The smallest absolute Gasteiger partial charge is 0.278 e. The zero-order chi connectivity index (χ0) is 23.1. The lowest BCUT2D eigenvalue weighted by molar-refractivity contribution is -0.137. The van der Waals surface area contributed by atoms with Crippen LogP contribution in [0.1, 0.15) is 27.8 Å². The van der Waals surface area contributed by atoms with Gasteiger partial charge in [-0.25, -0.2) is 0 Å². The number of carbonyl (C=O) groups is 2. The summed E-state index contributed by atoms with van der Waals surface area (Å²) in [6.07, 6.45) is 0. The van der Waals surface area contributed by atoms with Crippen LogP contribution in [0, 0.1) is 20.8 Å². The van der Waals surface area contributed by atoms with Gasteiger partial charge >= 0.3 is 0 Å². The second kappa shape index (κ2) is 8.13. The van der Waals surface area contributed by atoms with Crippen molar-refractivity contribution in [3.63, 3.8) is 0 Å². The first kappa shape index (κ1) is 20.8. The molecule has 5 rings (SSSR count). The van der Waals surface area contributed by atoms with E-state index in [-0.39, 0.29) is 30.8 Å². The molecule has 0 aliphatic carbocycles. The molecule has 2 aliphatic rings. The van der Waals surface area contributed by atoms with E-state index in [9.17, 15) is 9.59 Å². The first-order valence-electron chi connectivity index (χ1n) is 10.8. The second-order valence-corrected chi connectivity index (χ2v) is 8.50. The molecule has 3 aromatic carbocycles. The third-order valence-electron chi connectivity index (χ3n) is 5.78. The van der Waals surface area contributed by atoms with Gasteiger partial charge < -0.3 is 14.8 Å². The van der Waals surface area contributed by atoms with Crippen LogP contribution in [0.2, 0.25) is 0 Å². The van der Waals surface area contributed by atoms with Crippen molar-refractivity contribution in [2.24, 2.45) is 0 Å². The Bertz CT molecular complexity index is 1290. The van der Waals surface area contributed by atoms with E-state index in [1.165, 1.54) is 4.90 Å².